The number of nitrogens with one attached hydrogen (secondary N) is 3. The number of piperazine rings is 1. The molecule has 3 atom stereocenters. The summed E-state index contributed by atoms with van der Waals surface area (Å²) in [6.07, 6.45) is 14.9. The first-order chi connectivity index (χ1) is 23.3. The number of carbonyl (C=O) groups excluding carboxylic acids is 5. The number of primary amides is 1. The number of carbonyl (C=O) groups is 5. The van der Waals surface area contributed by atoms with Crippen molar-refractivity contribution in [3.05, 3.63) is 0 Å². The zero-order valence-electron chi connectivity index (χ0n) is 30.2. The van der Waals surface area contributed by atoms with Crippen molar-refractivity contribution in [3.8, 4) is 0 Å². The number of urea groups is 1. The maximum absolute atomic E-state index is 13.9. The van der Waals surface area contributed by atoms with E-state index in [1.807, 2.05) is 0 Å². The molecular formula is C37H61N7O5. The largest absolute Gasteiger partial charge is 0.363 e. The number of likely N-dealkylation sites (N-methyl/N-ethyl adjacent to an activating group) is 1. The number of Topliss-reactive ketones (excluding diaryl/α,β-unsaturated/α-hetero) is 1. The van der Waals surface area contributed by atoms with E-state index in [2.05, 4.69) is 46.6 Å². The number of rotatable bonds is 13. The van der Waals surface area contributed by atoms with Crippen LogP contribution in [0.2, 0.25) is 0 Å². The second-order valence-electron chi connectivity index (χ2n) is 17.3. The van der Waals surface area contributed by atoms with Crippen LogP contribution < -0.4 is 21.7 Å². The lowest BCUT2D eigenvalue weighted by molar-refractivity contribution is -0.141. The van der Waals surface area contributed by atoms with Gasteiger partial charge in [-0.05, 0) is 81.6 Å². The van der Waals surface area contributed by atoms with E-state index in [0.29, 0.717) is 30.8 Å². The molecule has 2 heterocycles. The third-order valence-corrected chi connectivity index (χ3v) is 13.8. The average molecular weight is 684 g/mol. The van der Waals surface area contributed by atoms with Gasteiger partial charge in [0.25, 0.3) is 5.91 Å². The Hall–Kier alpha value is -2.73. The summed E-state index contributed by atoms with van der Waals surface area (Å²) in [7, 11) is 2.22. The summed E-state index contributed by atoms with van der Waals surface area (Å²) in [5.74, 6) is -1.70. The fraction of sp³-hybridized carbons (Fsp3) is 0.865. The zero-order chi connectivity index (χ0) is 35.0. The van der Waals surface area contributed by atoms with Crippen LogP contribution in [0.3, 0.4) is 0 Å². The highest BCUT2D eigenvalue weighted by Crippen LogP contribution is 2.50. The summed E-state index contributed by atoms with van der Waals surface area (Å²) in [5.41, 5.74) is 5.28. The second-order valence-corrected chi connectivity index (χ2v) is 17.3. The van der Waals surface area contributed by atoms with Gasteiger partial charge >= 0.3 is 6.03 Å². The van der Waals surface area contributed by atoms with Crippen molar-refractivity contribution < 1.29 is 24.0 Å². The van der Waals surface area contributed by atoms with Crippen LogP contribution in [0.15, 0.2) is 0 Å². The van der Waals surface area contributed by atoms with Gasteiger partial charge in [0.15, 0.2) is 0 Å². The number of nitrogens with zero attached hydrogens (tertiary/aromatic N) is 3. The van der Waals surface area contributed by atoms with Crippen molar-refractivity contribution in [1.29, 1.82) is 0 Å². The van der Waals surface area contributed by atoms with Crippen LogP contribution in [0.1, 0.15) is 110 Å². The van der Waals surface area contributed by atoms with Gasteiger partial charge < -0.3 is 26.6 Å². The van der Waals surface area contributed by atoms with Crippen LogP contribution in [0.25, 0.3) is 0 Å². The molecule has 6 aliphatic rings. The Balaban J connectivity index is 1.10. The van der Waals surface area contributed by atoms with E-state index in [-0.39, 0.29) is 41.3 Å². The van der Waals surface area contributed by atoms with E-state index in [4.69, 9.17) is 5.73 Å². The molecule has 4 aliphatic carbocycles. The third kappa shape index (κ3) is 7.95. The summed E-state index contributed by atoms with van der Waals surface area (Å²) in [4.78, 5) is 72.5. The fourth-order valence-corrected chi connectivity index (χ4v) is 9.60. The van der Waals surface area contributed by atoms with Crippen molar-refractivity contribution in [2.24, 2.45) is 28.9 Å². The van der Waals surface area contributed by atoms with Crippen LogP contribution in [0.4, 0.5) is 4.79 Å². The zero-order valence-corrected chi connectivity index (χ0v) is 30.2. The number of nitrogens with two attached hydrogens (primary N) is 1. The van der Waals surface area contributed by atoms with Gasteiger partial charge in [-0.1, -0.05) is 58.8 Å². The summed E-state index contributed by atoms with van der Waals surface area (Å²) < 4.78 is 0. The SMILES string of the molecule is CN1CCN(CC2(NC(=O)NCC(=O)N3CC(C(C)(C)C4CCC4)C[C@H]3C(=O)NC(CC3CCC3)C(=O)C(N)=O)CCCCC2)CC12CC2. The standard InChI is InChI=1S/C37H61N7O5/c1-35(2,26-11-8-12-26)27-20-29(33(48)40-28(31(46)32(38)47)19-25-9-7-10-25)44(22-27)30(45)21-39-34(49)41-36(13-5-4-6-14-36)23-43-18-17-42(3)37(24-43)15-16-37/h25-29H,4-24H2,1-3H3,(H2,38,47)(H,40,48)(H2,39,41,49)/t27?,28?,29-/m0/s1. The van der Waals surface area contributed by atoms with Crippen molar-refractivity contribution in [3.63, 3.8) is 0 Å². The van der Waals surface area contributed by atoms with E-state index in [0.717, 1.165) is 84.0 Å². The Bertz CT molecular complexity index is 1270. The predicted octanol–water partition coefficient (Wildman–Crippen LogP) is 2.54. The quantitative estimate of drug-likeness (QED) is 0.217. The maximum Gasteiger partial charge on any atom is 0.315 e. The Morgan fingerprint density at radius 3 is 2.18 bits per heavy atom. The van der Waals surface area contributed by atoms with Crippen LogP contribution >= 0.6 is 0 Å². The molecule has 12 nitrogen and oxygen atoms in total. The van der Waals surface area contributed by atoms with Crippen LogP contribution in [0, 0.1) is 23.2 Å². The molecule has 2 saturated heterocycles. The van der Waals surface area contributed by atoms with Crippen molar-refractivity contribution in [1.82, 2.24) is 30.7 Å². The van der Waals surface area contributed by atoms with Gasteiger partial charge in [-0.25, -0.2) is 4.79 Å². The van der Waals surface area contributed by atoms with Crippen LogP contribution in [-0.4, -0.2) is 114 Å². The Morgan fingerprint density at radius 1 is 0.898 bits per heavy atom. The molecule has 0 aromatic carbocycles. The molecule has 0 radical (unpaired) electrons. The van der Waals surface area contributed by atoms with Gasteiger partial charge in [-0.3, -0.25) is 29.0 Å². The molecule has 0 aromatic heterocycles. The van der Waals surface area contributed by atoms with Crippen LogP contribution in [-0.2, 0) is 19.2 Å². The molecule has 2 unspecified atom stereocenters. The highest BCUT2D eigenvalue weighted by atomic mass is 16.2. The molecule has 0 bridgehead atoms. The Labute approximate surface area is 292 Å². The lowest BCUT2D eigenvalue weighted by Gasteiger charge is -2.46. The molecular weight excluding hydrogens is 622 g/mol. The molecule has 2 aliphatic heterocycles. The van der Waals surface area contributed by atoms with Crippen molar-refractivity contribution in [2.45, 2.75) is 133 Å². The van der Waals surface area contributed by atoms with E-state index in [1.165, 1.54) is 25.7 Å². The minimum Gasteiger partial charge on any atom is -0.363 e. The van der Waals surface area contributed by atoms with Gasteiger partial charge in [0.2, 0.25) is 17.6 Å². The van der Waals surface area contributed by atoms with Gasteiger partial charge in [-0.15, -0.1) is 0 Å². The molecule has 12 heteroatoms. The predicted molar refractivity (Wildman–Crippen MR) is 186 cm³/mol. The van der Waals surface area contributed by atoms with Crippen molar-refractivity contribution >= 4 is 29.5 Å². The van der Waals surface area contributed by atoms with Gasteiger partial charge in [-0.2, -0.15) is 0 Å². The maximum atomic E-state index is 13.9. The first-order valence-electron chi connectivity index (χ1n) is 19.2. The Morgan fingerprint density at radius 2 is 1.59 bits per heavy atom. The molecule has 1 spiro atoms. The molecule has 6 rings (SSSR count). The molecule has 4 saturated carbocycles. The number of ketones is 1. The number of amides is 5. The highest BCUT2D eigenvalue weighted by molar-refractivity contribution is 6.37. The van der Waals surface area contributed by atoms with E-state index >= 15 is 0 Å². The molecule has 5 amide bonds. The smallest absolute Gasteiger partial charge is 0.315 e. The second kappa shape index (κ2) is 14.5. The van der Waals surface area contributed by atoms with E-state index in [9.17, 15) is 24.0 Å². The lowest BCUT2D eigenvalue weighted by atomic mass is 9.61. The minimum absolute atomic E-state index is 0.0688. The summed E-state index contributed by atoms with van der Waals surface area (Å²) >= 11 is 0. The number of hydrogen-bond donors (Lipinski definition) is 4. The topological polar surface area (TPSA) is 157 Å². The summed E-state index contributed by atoms with van der Waals surface area (Å²) in [6.45, 7) is 8.56. The van der Waals surface area contributed by atoms with Gasteiger partial charge in [0, 0.05) is 38.3 Å². The lowest BCUT2D eigenvalue weighted by Crippen LogP contribution is -2.63. The Kier molecular flexibility index (Phi) is 10.7. The first-order valence-corrected chi connectivity index (χ1v) is 19.2. The minimum atomic E-state index is -1.06. The average Bonchev–Trinajstić information content (AvgIpc) is 3.62. The van der Waals surface area contributed by atoms with Gasteiger partial charge in [0.1, 0.15) is 6.04 Å². The molecule has 5 N–H and O–H groups in total. The molecule has 49 heavy (non-hydrogen) atoms. The number of hydrogen-bond acceptors (Lipinski definition) is 7. The molecule has 0 aromatic rings. The van der Waals surface area contributed by atoms with Crippen LogP contribution in [0.5, 0.6) is 0 Å². The van der Waals surface area contributed by atoms with Crippen molar-refractivity contribution in [2.75, 3.05) is 46.3 Å². The summed E-state index contributed by atoms with van der Waals surface area (Å²) in [6, 6.07) is -2.12. The van der Waals surface area contributed by atoms with E-state index < -0.39 is 29.7 Å². The fourth-order valence-electron chi connectivity index (χ4n) is 9.60. The molecule has 274 valence electrons. The first kappa shape index (κ1) is 36.1. The third-order valence-electron chi connectivity index (χ3n) is 13.8. The highest BCUT2D eigenvalue weighted by Gasteiger charge is 2.51. The van der Waals surface area contributed by atoms with Gasteiger partial charge in [0.05, 0.1) is 18.1 Å². The summed E-state index contributed by atoms with van der Waals surface area (Å²) in [5, 5.41) is 9.02. The monoisotopic (exact) mass is 683 g/mol. The molecule has 6 fully saturated rings. The number of likely N-dealkylation sites (tertiary alicyclic amines) is 1. The van der Waals surface area contributed by atoms with E-state index in [1.54, 1.807) is 4.90 Å². The normalized spacial score (nSPS) is 27.9.